The number of aromatic nitrogens is 4. The first-order chi connectivity index (χ1) is 13.0. The molecular weight excluding hydrogens is 346 g/mol. The zero-order chi connectivity index (χ0) is 19.4. The summed E-state index contributed by atoms with van der Waals surface area (Å²) < 4.78 is 12.3. The van der Waals surface area contributed by atoms with E-state index >= 15 is 0 Å². The fourth-order valence-corrected chi connectivity index (χ4v) is 3.74. The monoisotopic (exact) mass is 373 g/mol. The summed E-state index contributed by atoms with van der Waals surface area (Å²) in [6.07, 6.45) is 3.21. The molecule has 0 radical (unpaired) electrons. The SMILES string of the molecule is CCOC(=O)N(C)C1(c2nnnn2-c2cccc(OC)c2)CCC(C)CC1. The average Bonchev–Trinajstić information content (AvgIpc) is 3.19. The zero-order valence-corrected chi connectivity index (χ0v) is 16.4. The molecule has 1 amide bonds. The smallest absolute Gasteiger partial charge is 0.410 e. The Morgan fingerprint density at radius 1 is 1.37 bits per heavy atom. The fourth-order valence-electron chi connectivity index (χ4n) is 3.74. The predicted octanol–water partition coefficient (Wildman–Crippen LogP) is 3.16. The van der Waals surface area contributed by atoms with Gasteiger partial charge in [0.2, 0.25) is 0 Å². The van der Waals surface area contributed by atoms with E-state index in [-0.39, 0.29) is 6.09 Å². The molecule has 1 saturated carbocycles. The van der Waals surface area contributed by atoms with Gasteiger partial charge in [0, 0.05) is 13.1 Å². The van der Waals surface area contributed by atoms with Crippen molar-refractivity contribution in [2.75, 3.05) is 20.8 Å². The number of carbonyl (C=O) groups is 1. The highest BCUT2D eigenvalue weighted by Gasteiger charge is 2.46. The van der Waals surface area contributed by atoms with E-state index in [1.165, 1.54) is 0 Å². The minimum Gasteiger partial charge on any atom is -0.497 e. The Kier molecular flexibility index (Phi) is 5.62. The Labute approximate surface area is 159 Å². The quantitative estimate of drug-likeness (QED) is 0.801. The normalized spacial score (nSPS) is 22.3. The standard InChI is InChI=1S/C19H27N5O3/c1-5-27-18(25)23(3)19(11-9-14(2)10-12-19)17-20-21-22-24(17)15-7-6-8-16(13-15)26-4/h6-8,13-14H,5,9-12H2,1-4H3. The van der Waals surface area contributed by atoms with Crippen LogP contribution in [0, 0.1) is 5.92 Å². The Hall–Kier alpha value is -2.64. The van der Waals surface area contributed by atoms with Gasteiger partial charge in [-0.3, -0.25) is 4.90 Å². The van der Waals surface area contributed by atoms with Gasteiger partial charge in [-0.1, -0.05) is 13.0 Å². The maximum absolute atomic E-state index is 12.6. The van der Waals surface area contributed by atoms with Crippen LogP contribution in [0.1, 0.15) is 45.4 Å². The Morgan fingerprint density at radius 3 is 2.78 bits per heavy atom. The van der Waals surface area contributed by atoms with Gasteiger partial charge >= 0.3 is 6.09 Å². The maximum atomic E-state index is 12.6. The summed E-state index contributed by atoms with van der Waals surface area (Å²) in [4.78, 5) is 14.2. The molecule has 0 bridgehead atoms. The van der Waals surface area contributed by atoms with Gasteiger partial charge in [0.1, 0.15) is 11.3 Å². The van der Waals surface area contributed by atoms with Gasteiger partial charge in [-0.15, -0.1) is 5.10 Å². The summed E-state index contributed by atoms with van der Waals surface area (Å²) in [5.74, 6) is 1.98. The van der Waals surface area contributed by atoms with Crippen LogP contribution in [0.5, 0.6) is 5.75 Å². The van der Waals surface area contributed by atoms with Crippen LogP contribution in [0.2, 0.25) is 0 Å². The van der Waals surface area contributed by atoms with Crippen molar-refractivity contribution in [3.63, 3.8) is 0 Å². The number of rotatable bonds is 5. The van der Waals surface area contributed by atoms with Crippen LogP contribution < -0.4 is 4.74 Å². The van der Waals surface area contributed by atoms with Crippen molar-refractivity contribution in [1.29, 1.82) is 0 Å². The van der Waals surface area contributed by atoms with Crippen molar-refractivity contribution in [1.82, 2.24) is 25.1 Å². The number of tetrazole rings is 1. The molecule has 1 aliphatic rings. The number of amides is 1. The van der Waals surface area contributed by atoms with Gasteiger partial charge < -0.3 is 9.47 Å². The molecule has 8 heteroatoms. The molecule has 0 unspecified atom stereocenters. The Bertz CT molecular complexity index is 783. The highest BCUT2D eigenvalue weighted by atomic mass is 16.6. The molecule has 0 N–H and O–H groups in total. The van der Waals surface area contributed by atoms with Crippen LogP contribution in [-0.4, -0.2) is 52.0 Å². The number of hydrogen-bond acceptors (Lipinski definition) is 6. The molecular formula is C19H27N5O3. The topological polar surface area (TPSA) is 82.4 Å². The first kappa shape index (κ1) is 19.1. The second-order valence-electron chi connectivity index (χ2n) is 7.09. The third kappa shape index (κ3) is 3.61. The second kappa shape index (κ2) is 7.94. The van der Waals surface area contributed by atoms with Crippen molar-refractivity contribution in [2.45, 2.75) is 45.1 Å². The minimum atomic E-state index is -0.606. The number of hydrogen-bond donors (Lipinski definition) is 0. The molecule has 8 nitrogen and oxygen atoms in total. The van der Waals surface area contributed by atoms with E-state index in [1.807, 2.05) is 31.2 Å². The van der Waals surface area contributed by atoms with Gasteiger partial charge in [0.25, 0.3) is 0 Å². The van der Waals surface area contributed by atoms with Crippen molar-refractivity contribution >= 4 is 6.09 Å². The van der Waals surface area contributed by atoms with Gasteiger partial charge in [-0.05, 0) is 61.1 Å². The van der Waals surface area contributed by atoms with Crippen molar-refractivity contribution in [2.24, 2.45) is 5.92 Å². The lowest BCUT2D eigenvalue weighted by atomic mass is 9.75. The van der Waals surface area contributed by atoms with Crippen LogP contribution in [0.3, 0.4) is 0 Å². The molecule has 1 fully saturated rings. The van der Waals surface area contributed by atoms with Crippen molar-refractivity contribution in [3.05, 3.63) is 30.1 Å². The van der Waals surface area contributed by atoms with Crippen LogP contribution in [0.4, 0.5) is 4.79 Å². The summed E-state index contributed by atoms with van der Waals surface area (Å²) in [6.45, 7) is 4.37. The summed E-state index contributed by atoms with van der Waals surface area (Å²) in [6, 6.07) is 7.57. The van der Waals surface area contributed by atoms with E-state index in [0.717, 1.165) is 37.1 Å². The molecule has 1 aromatic carbocycles. The van der Waals surface area contributed by atoms with Crippen LogP contribution in [0.15, 0.2) is 24.3 Å². The van der Waals surface area contributed by atoms with Crippen molar-refractivity contribution in [3.8, 4) is 11.4 Å². The lowest BCUT2D eigenvalue weighted by Gasteiger charge is -2.44. The van der Waals surface area contributed by atoms with Crippen molar-refractivity contribution < 1.29 is 14.3 Å². The molecule has 1 heterocycles. The number of benzene rings is 1. The third-order valence-electron chi connectivity index (χ3n) is 5.47. The lowest BCUT2D eigenvalue weighted by Crippen LogP contribution is -2.51. The molecule has 1 aromatic heterocycles. The summed E-state index contributed by atoms with van der Waals surface area (Å²) in [7, 11) is 3.40. The first-order valence-corrected chi connectivity index (χ1v) is 9.35. The van der Waals surface area contributed by atoms with E-state index in [9.17, 15) is 4.79 Å². The third-order valence-corrected chi connectivity index (χ3v) is 5.47. The van der Waals surface area contributed by atoms with E-state index in [0.29, 0.717) is 18.3 Å². The van der Waals surface area contributed by atoms with E-state index in [1.54, 1.807) is 23.7 Å². The fraction of sp³-hybridized carbons (Fsp3) is 0.579. The summed E-state index contributed by atoms with van der Waals surface area (Å²) >= 11 is 0. The number of methoxy groups -OCH3 is 1. The zero-order valence-electron chi connectivity index (χ0n) is 16.4. The van der Waals surface area contributed by atoms with Gasteiger partial charge in [0.15, 0.2) is 5.82 Å². The van der Waals surface area contributed by atoms with E-state index in [4.69, 9.17) is 9.47 Å². The number of nitrogens with zero attached hydrogens (tertiary/aromatic N) is 5. The van der Waals surface area contributed by atoms with Gasteiger partial charge in [0.05, 0.1) is 19.4 Å². The Morgan fingerprint density at radius 2 is 2.11 bits per heavy atom. The highest BCUT2D eigenvalue weighted by molar-refractivity contribution is 5.68. The second-order valence-corrected chi connectivity index (χ2v) is 7.09. The molecule has 3 rings (SSSR count). The van der Waals surface area contributed by atoms with Crippen LogP contribution in [-0.2, 0) is 10.3 Å². The average molecular weight is 373 g/mol. The largest absolute Gasteiger partial charge is 0.497 e. The molecule has 0 saturated heterocycles. The Balaban J connectivity index is 2.06. The molecule has 27 heavy (non-hydrogen) atoms. The lowest BCUT2D eigenvalue weighted by molar-refractivity contribution is 0.0311. The number of carbonyl (C=O) groups excluding carboxylic acids is 1. The van der Waals surface area contributed by atoms with Crippen LogP contribution >= 0.6 is 0 Å². The minimum absolute atomic E-state index is 0.330. The summed E-state index contributed by atoms with van der Waals surface area (Å²) in [5, 5.41) is 12.5. The molecule has 0 spiro atoms. The molecule has 146 valence electrons. The summed E-state index contributed by atoms with van der Waals surface area (Å²) in [5.41, 5.74) is 0.190. The van der Waals surface area contributed by atoms with Gasteiger partial charge in [-0.25, -0.2) is 4.79 Å². The number of ether oxygens (including phenoxy) is 2. The molecule has 2 aromatic rings. The van der Waals surface area contributed by atoms with Gasteiger partial charge in [-0.2, -0.15) is 4.68 Å². The first-order valence-electron chi connectivity index (χ1n) is 9.35. The van der Waals surface area contributed by atoms with E-state index in [2.05, 4.69) is 22.4 Å². The van der Waals surface area contributed by atoms with E-state index < -0.39 is 5.54 Å². The molecule has 0 aliphatic heterocycles. The maximum Gasteiger partial charge on any atom is 0.410 e. The molecule has 0 atom stereocenters. The predicted molar refractivity (Wildman–Crippen MR) is 99.8 cm³/mol. The highest BCUT2D eigenvalue weighted by Crippen LogP contribution is 2.43. The van der Waals surface area contributed by atoms with Crippen LogP contribution in [0.25, 0.3) is 5.69 Å². The molecule has 1 aliphatic carbocycles.